The summed E-state index contributed by atoms with van der Waals surface area (Å²) in [6.07, 6.45) is 4.83. The lowest BCUT2D eigenvalue weighted by Crippen LogP contribution is -2.17. The second-order valence-electron chi connectivity index (χ2n) is 4.77. The van der Waals surface area contributed by atoms with Crippen molar-refractivity contribution in [1.29, 1.82) is 0 Å². The third kappa shape index (κ3) is 4.56. The highest BCUT2D eigenvalue weighted by Crippen LogP contribution is 2.25. The molecular formula is C15H21ClF2. The van der Waals surface area contributed by atoms with Crippen LogP contribution in [0.15, 0.2) is 18.2 Å². The van der Waals surface area contributed by atoms with Gasteiger partial charge in [0.25, 0.3) is 0 Å². The molecule has 0 saturated carbocycles. The average molecular weight is 275 g/mol. The Morgan fingerprint density at radius 3 is 2.50 bits per heavy atom. The fourth-order valence-corrected chi connectivity index (χ4v) is 2.64. The SMILES string of the molecule is CCCCC(CC)C(Cl)Cc1ccc(F)cc1F. The molecule has 0 aliphatic rings. The molecular weight excluding hydrogens is 254 g/mol. The largest absolute Gasteiger partial charge is 0.207 e. The molecule has 102 valence electrons. The van der Waals surface area contributed by atoms with E-state index in [0.717, 1.165) is 31.7 Å². The minimum Gasteiger partial charge on any atom is -0.207 e. The molecule has 0 aliphatic carbocycles. The van der Waals surface area contributed by atoms with Crippen molar-refractivity contribution in [3.63, 3.8) is 0 Å². The summed E-state index contributed by atoms with van der Waals surface area (Å²) >= 11 is 6.37. The van der Waals surface area contributed by atoms with Gasteiger partial charge >= 0.3 is 0 Å². The Hall–Kier alpha value is -0.630. The molecule has 0 N–H and O–H groups in total. The highest BCUT2D eigenvalue weighted by Gasteiger charge is 2.19. The zero-order valence-corrected chi connectivity index (χ0v) is 11.8. The first-order valence-corrected chi connectivity index (χ1v) is 7.10. The van der Waals surface area contributed by atoms with Crippen LogP contribution in [0, 0.1) is 17.6 Å². The average Bonchev–Trinajstić information content (AvgIpc) is 2.34. The number of hydrogen-bond donors (Lipinski definition) is 0. The van der Waals surface area contributed by atoms with Gasteiger partial charge in [0.2, 0.25) is 0 Å². The topological polar surface area (TPSA) is 0 Å². The molecule has 0 fully saturated rings. The van der Waals surface area contributed by atoms with Crippen molar-refractivity contribution in [1.82, 2.24) is 0 Å². The molecule has 0 bridgehead atoms. The number of alkyl halides is 1. The molecule has 0 saturated heterocycles. The van der Waals surface area contributed by atoms with Crippen LogP contribution in [-0.4, -0.2) is 5.38 Å². The number of unbranched alkanes of at least 4 members (excludes halogenated alkanes) is 1. The van der Waals surface area contributed by atoms with E-state index < -0.39 is 11.6 Å². The molecule has 18 heavy (non-hydrogen) atoms. The zero-order chi connectivity index (χ0) is 13.5. The molecule has 0 aliphatic heterocycles. The van der Waals surface area contributed by atoms with Gasteiger partial charge in [0.05, 0.1) is 0 Å². The summed E-state index contributed by atoms with van der Waals surface area (Å²) in [7, 11) is 0. The Kier molecular flexibility index (Phi) is 6.62. The van der Waals surface area contributed by atoms with E-state index in [2.05, 4.69) is 13.8 Å². The molecule has 1 aromatic carbocycles. The van der Waals surface area contributed by atoms with Crippen LogP contribution in [0.3, 0.4) is 0 Å². The van der Waals surface area contributed by atoms with Crippen LogP contribution in [-0.2, 0) is 6.42 Å². The maximum absolute atomic E-state index is 13.5. The molecule has 0 amide bonds. The lowest BCUT2D eigenvalue weighted by atomic mass is 9.91. The van der Waals surface area contributed by atoms with E-state index in [9.17, 15) is 8.78 Å². The molecule has 2 atom stereocenters. The quantitative estimate of drug-likeness (QED) is 0.590. The Bertz CT molecular complexity index is 366. The van der Waals surface area contributed by atoms with Gasteiger partial charge in [0.1, 0.15) is 11.6 Å². The van der Waals surface area contributed by atoms with Gasteiger partial charge in [0.15, 0.2) is 0 Å². The van der Waals surface area contributed by atoms with Crippen molar-refractivity contribution in [2.24, 2.45) is 5.92 Å². The van der Waals surface area contributed by atoms with Crippen molar-refractivity contribution in [3.05, 3.63) is 35.4 Å². The molecule has 2 unspecified atom stereocenters. The summed E-state index contributed by atoms with van der Waals surface area (Å²) in [6, 6.07) is 3.70. The first kappa shape index (κ1) is 15.4. The summed E-state index contributed by atoms with van der Waals surface area (Å²) in [5, 5.41) is -0.0819. The van der Waals surface area contributed by atoms with Crippen LogP contribution in [0.5, 0.6) is 0 Å². The van der Waals surface area contributed by atoms with Crippen LogP contribution >= 0.6 is 11.6 Å². The summed E-state index contributed by atoms with van der Waals surface area (Å²) in [4.78, 5) is 0. The maximum atomic E-state index is 13.5. The molecule has 0 radical (unpaired) electrons. The Balaban J connectivity index is 2.64. The van der Waals surface area contributed by atoms with E-state index >= 15 is 0 Å². The standard InChI is InChI=1S/C15H21ClF2/c1-3-5-6-11(4-2)14(16)9-12-7-8-13(17)10-15(12)18/h7-8,10-11,14H,3-6,9H2,1-2H3. The van der Waals surface area contributed by atoms with Gasteiger partial charge < -0.3 is 0 Å². The van der Waals surface area contributed by atoms with Crippen molar-refractivity contribution >= 4 is 11.6 Å². The first-order valence-electron chi connectivity index (χ1n) is 6.66. The van der Waals surface area contributed by atoms with E-state index in [0.29, 0.717) is 17.9 Å². The third-order valence-electron chi connectivity index (χ3n) is 3.39. The monoisotopic (exact) mass is 274 g/mol. The zero-order valence-electron chi connectivity index (χ0n) is 11.1. The lowest BCUT2D eigenvalue weighted by molar-refractivity contribution is 0.424. The summed E-state index contributed by atoms with van der Waals surface area (Å²) in [5.41, 5.74) is 0.506. The highest BCUT2D eigenvalue weighted by molar-refractivity contribution is 6.20. The van der Waals surface area contributed by atoms with Crippen molar-refractivity contribution in [2.75, 3.05) is 0 Å². The van der Waals surface area contributed by atoms with E-state index in [1.165, 1.54) is 12.1 Å². The molecule has 0 heterocycles. The molecule has 3 heteroatoms. The van der Waals surface area contributed by atoms with Gasteiger partial charge in [-0.25, -0.2) is 8.78 Å². The van der Waals surface area contributed by atoms with E-state index in [-0.39, 0.29) is 5.38 Å². The normalized spacial score (nSPS) is 14.5. The summed E-state index contributed by atoms with van der Waals surface area (Å²) < 4.78 is 26.3. The Morgan fingerprint density at radius 2 is 1.94 bits per heavy atom. The van der Waals surface area contributed by atoms with Crippen molar-refractivity contribution in [3.8, 4) is 0 Å². The molecule has 1 aromatic rings. The Labute approximate surface area is 113 Å². The minimum absolute atomic E-state index is 0.0819. The summed E-state index contributed by atoms with van der Waals surface area (Å²) in [5.74, 6) is -0.637. The number of hydrogen-bond acceptors (Lipinski definition) is 0. The van der Waals surface area contributed by atoms with Crippen LogP contribution in [0.2, 0.25) is 0 Å². The third-order valence-corrected chi connectivity index (χ3v) is 3.91. The maximum Gasteiger partial charge on any atom is 0.129 e. The first-order chi connectivity index (χ1) is 8.58. The van der Waals surface area contributed by atoms with Crippen LogP contribution in [0.4, 0.5) is 8.78 Å². The van der Waals surface area contributed by atoms with Crippen LogP contribution in [0.1, 0.15) is 45.1 Å². The van der Waals surface area contributed by atoms with Crippen molar-refractivity contribution in [2.45, 2.75) is 51.3 Å². The number of rotatable bonds is 7. The van der Waals surface area contributed by atoms with Gasteiger partial charge in [0, 0.05) is 11.4 Å². The molecule has 0 aromatic heterocycles. The van der Waals surface area contributed by atoms with E-state index in [1.54, 1.807) is 0 Å². The van der Waals surface area contributed by atoms with Crippen LogP contribution < -0.4 is 0 Å². The number of benzene rings is 1. The number of halogens is 3. The highest BCUT2D eigenvalue weighted by atomic mass is 35.5. The van der Waals surface area contributed by atoms with E-state index in [1.807, 2.05) is 0 Å². The Morgan fingerprint density at radius 1 is 1.22 bits per heavy atom. The molecule has 0 nitrogen and oxygen atoms in total. The molecule has 1 rings (SSSR count). The van der Waals surface area contributed by atoms with E-state index in [4.69, 9.17) is 11.6 Å². The second kappa shape index (κ2) is 7.73. The van der Waals surface area contributed by atoms with Gasteiger partial charge in [-0.15, -0.1) is 11.6 Å². The fraction of sp³-hybridized carbons (Fsp3) is 0.600. The van der Waals surface area contributed by atoms with Crippen LogP contribution in [0.25, 0.3) is 0 Å². The second-order valence-corrected chi connectivity index (χ2v) is 5.33. The summed E-state index contributed by atoms with van der Waals surface area (Å²) in [6.45, 7) is 4.26. The van der Waals surface area contributed by atoms with Gasteiger partial charge in [-0.2, -0.15) is 0 Å². The lowest BCUT2D eigenvalue weighted by Gasteiger charge is -2.21. The van der Waals surface area contributed by atoms with Gasteiger partial charge in [-0.1, -0.05) is 39.2 Å². The fourth-order valence-electron chi connectivity index (χ4n) is 2.17. The van der Waals surface area contributed by atoms with Crippen molar-refractivity contribution < 1.29 is 8.78 Å². The van der Waals surface area contributed by atoms with Gasteiger partial charge in [-0.05, 0) is 30.4 Å². The predicted octanol–water partition coefficient (Wildman–Crippen LogP) is 5.33. The predicted molar refractivity (Wildman–Crippen MR) is 73.0 cm³/mol. The molecule has 0 spiro atoms. The smallest absolute Gasteiger partial charge is 0.129 e. The minimum atomic E-state index is -0.541. The van der Waals surface area contributed by atoms with Gasteiger partial charge in [-0.3, -0.25) is 0 Å².